The van der Waals surface area contributed by atoms with Crippen molar-refractivity contribution in [3.63, 3.8) is 0 Å². The van der Waals surface area contributed by atoms with E-state index >= 15 is 0 Å². The van der Waals surface area contributed by atoms with E-state index in [0.29, 0.717) is 6.61 Å². The molecule has 1 aromatic carbocycles. The second-order valence-electron chi connectivity index (χ2n) is 11.7. The van der Waals surface area contributed by atoms with Crippen molar-refractivity contribution in [3.05, 3.63) is 41.5 Å². The summed E-state index contributed by atoms with van der Waals surface area (Å²) in [5.74, 6) is 1.71. The van der Waals surface area contributed by atoms with Crippen LogP contribution < -0.4 is 9.64 Å². The minimum atomic E-state index is -0.0210. The van der Waals surface area contributed by atoms with Crippen molar-refractivity contribution in [2.75, 3.05) is 57.4 Å². The summed E-state index contributed by atoms with van der Waals surface area (Å²) in [5.41, 5.74) is 5.08. The third kappa shape index (κ3) is 6.04. The zero-order chi connectivity index (χ0) is 25.8. The zero-order valence-corrected chi connectivity index (χ0v) is 22.7. The van der Waals surface area contributed by atoms with E-state index in [9.17, 15) is 5.11 Å². The molecule has 0 unspecified atom stereocenters. The van der Waals surface area contributed by atoms with Crippen molar-refractivity contribution in [1.29, 1.82) is 0 Å². The van der Waals surface area contributed by atoms with Crippen molar-refractivity contribution in [3.8, 4) is 17.0 Å². The van der Waals surface area contributed by atoms with Crippen molar-refractivity contribution >= 4 is 5.82 Å². The van der Waals surface area contributed by atoms with Crippen molar-refractivity contribution in [1.82, 2.24) is 9.88 Å². The molecule has 4 rings (SSSR count). The van der Waals surface area contributed by atoms with E-state index in [0.717, 1.165) is 74.8 Å². The third-order valence-corrected chi connectivity index (χ3v) is 8.15. The number of fused-ring (bicyclic) bond motifs is 1. The molecule has 6 nitrogen and oxygen atoms in total. The van der Waals surface area contributed by atoms with E-state index in [1.807, 2.05) is 6.07 Å². The maximum absolute atomic E-state index is 9.38. The summed E-state index contributed by atoms with van der Waals surface area (Å²) in [6.07, 6.45) is 5.49. The van der Waals surface area contributed by atoms with Gasteiger partial charge in [-0.3, -0.25) is 4.90 Å². The van der Waals surface area contributed by atoms with E-state index in [2.05, 4.69) is 61.8 Å². The predicted molar refractivity (Wildman–Crippen MR) is 147 cm³/mol. The number of benzene rings is 1. The van der Waals surface area contributed by atoms with Gasteiger partial charge in [0.1, 0.15) is 23.9 Å². The maximum atomic E-state index is 9.38. The van der Waals surface area contributed by atoms with Gasteiger partial charge in [0.05, 0.1) is 6.61 Å². The van der Waals surface area contributed by atoms with Crippen LogP contribution in [-0.2, 0) is 10.8 Å². The molecule has 0 atom stereocenters. The van der Waals surface area contributed by atoms with Gasteiger partial charge in [-0.05, 0) is 78.8 Å². The minimum absolute atomic E-state index is 0.0210. The fraction of sp³-hybridized carbons (Fsp3) is 0.633. The smallest absolute Gasteiger partial charge is 0.145 e. The minimum Gasteiger partial charge on any atom is -0.489 e. The Bertz CT molecular complexity index is 1010. The van der Waals surface area contributed by atoms with E-state index in [1.54, 1.807) is 0 Å². The van der Waals surface area contributed by atoms with E-state index < -0.39 is 0 Å². The van der Waals surface area contributed by atoms with Gasteiger partial charge < -0.3 is 19.8 Å². The van der Waals surface area contributed by atoms with Gasteiger partial charge in [0.15, 0.2) is 0 Å². The number of hydrogen-bond donors (Lipinski definition) is 2. The summed E-state index contributed by atoms with van der Waals surface area (Å²) >= 11 is 0. The Morgan fingerprint density at radius 1 is 0.833 bits per heavy atom. The lowest BCUT2D eigenvalue weighted by Crippen LogP contribution is -2.46. The lowest BCUT2D eigenvalue weighted by Gasteiger charge is -2.42. The predicted octanol–water partition coefficient (Wildman–Crippen LogP) is 4.75. The van der Waals surface area contributed by atoms with Gasteiger partial charge in [-0.1, -0.05) is 39.8 Å². The molecule has 1 aliphatic carbocycles. The maximum Gasteiger partial charge on any atom is 0.145 e. The Morgan fingerprint density at radius 2 is 1.56 bits per heavy atom. The molecule has 36 heavy (non-hydrogen) atoms. The largest absolute Gasteiger partial charge is 0.489 e. The molecule has 0 radical (unpaired) electrons. The van der Waals surface area contributed by atoms with Gasteiger partial charge in [0.25, 0.3) is 0 Å². The molecule has 2 aliphatic rings. The molecule has 1 saturated heterocycles. The molecular weight excluding hydrogens is 450 g/mol. The number of aliphatic hydroxyl groups is 2. The van der Waals surface area contributed by atoms with Crippen LogP contribution in [0.3, 0.4) is 0 Å². The molecule has 0 bridgehead atoms. The van der Waals surface area contributed by atoms with Crippen LogP contribution in [0, 0.1) is 0 Å². The number of aromatic nitrogens is 1. The van der Waals surface area contributed by atoms with Crippen LogP contribution in [0.25, 0.3) is 11.3 Å². The van der Waals surface area contributed by atoms with Crippen molar-refractivity contribution in [2.45, 2.75) is 70.6 Å². The van der Waals surface area contributed by atoms with Crippen LogP contribution in [0.15, 0.2) is 30.3 Å². The van der Waals surface area contributed by atoms with Crippen LogP contribution in [0.1, 0.15) is 70.9 Å². The Labute approximate surface area is 217 Å². The first-order valence-corrected chi connectivity index (χ1v) is 13.7. The molecule has 1 aliphatic heterocycles. The first-order valence-electron chi connectivity index (χ1n) is 13.7. The average Bonchev–Trinajstić information content (AvgIpc) is 2.88. The summed E-state index contributed by atoms with van der Waals surface area (Å²) in [4.78, 5) is 10.0. The molecule has 2 aromatic rings. The second-order valence-corrected chi connectivity index (χ2v) is 11.7. The molecule has 0 spiro atoms. The monoisotopic (exact) mass is 495 g/mol. The molecule has 2 N–H and O–H groups in total. The highest BCUT2D eigenvalue weighted by Gasteiger charge is 2.37. The number of hydrogen-bond acceptors (Lipinski definition) is 6. The van der Waals surface area contributed by atoms with Crippen molar-refractivity contribution < 1.29 is 14.9 Å². The zero-order valence-electron chi connectivity index (χ0n) is 22.7. The molecule has 2 heterocycles. The van der Waals surface area contributed by atoms with E-state index in [-0.39, 0.29) is 24.0 Å². The normalized spacial score (nSPS) is 19.2. The van der Waals surface area contributed by atoms with E-state index in [4.69, 9.17) is 14.8 Å². The molecule has 0 saturated carbocycles. The van der Waals surface area contributed by atoms with Crippen LogP contribution in [0.2, 0.25) is 0 Å². The van der Waals surface area contributed by atoms with Gasteiger partial charge in [0.2, 0.25) is 0 Å². The highest BCUT2D eigenvalue weighted by molar-refractivity contribution is 5.70. The topological polar surface area (TPSA) is 69.1 Å². The Balaban J connectivity index is 1.58. The SMILES string of the molecule is CC1(C)CCC(C)(C)c2cc(-c3nc(N4CCN(CCCCCO)CC4)ccc3OCCO)ccc21. The van der Waals surface area contributed by atoms with Gasteiger partial charge >= 0.3 is 0 Å². The van der Waals surface area contributed by atoms with Gasteiger partial charge in [-0.15, -0.1) is 0 Å². The number of aliphatic hydroxyl groups excluding tert-OH is 2. The van der Waals surface area contributed by atoms with Crippen molar-refractivity contribution in [2.24, 2.45) is 0 Å². The molecule has 1 aromatic heterocycles. The fourth-order valence-electron chi connectivity index (χ4n) is 5.65. The lowest BCUT2D eigenvalue weighted by molar-refractivity contribution is 0.201. The fourth-order valence-corrected chi connectivity index (χ4v) is 5.65. The number of pyridine rings is 1. The quantitative estimate of drug-likeness (QED) is 0.464. The standard InChI is InChI=1S/C30H45N3O3/c1-29(2)12-13-30(3,4)25-22-23(8-9-24(25)29)28-26(36-21-20-35)10-11-27(31-28)33-17-15-32(16-18-33)14-6-5-7-19-34/h8-11,22,34-35H,5-7,12-21H2,1-4H3. The molecule has 198 valence electrons. The summed E-state index contributed by atoms with van der Waals surface area (Å²) in [5, 5.41) is 18.4. The number of unbranched alkanes of at least 4 members (excludes halogenated alkanes) is 2. The highest BCUT2D eigenvalue weighted by Crippen LogP contribution is 2.47. The van der Waals surface area contributed by atoms with E-state index in [1.165, 1.54) is 24.0 Å². The molecule has 0 amide bonds. The number of piperazine rings is 1. The van der Waals surface area contributed by atoms with Crippen LogP contribution in [-0.4, -0.2) is 72.6 Å². The lowest BCUT2D eigenvalue weighted by atomic mass is 9.63. The van der Waals surface area contributed by atoms with Crippen LogP contribution in [0.5, 0.6) is 5.75 Å². The number of nitrogens with zero attached hydrogens (tertiary/aromatic N) is 3. The Hall–Kier alpha value is -2.15. The summed E-state index contributed by atoms with van der Waals surface area (Å²) in [6.45, 7) is 15.0. The van der Waals surface area contributed by atoms with Crippen LogP contribution >= 0.6 is 0 Å². The number of ether oxygens (including phenoxy) is 1. The molecule has 1 fully saturated rings. The van der Waals surface area contributed by atoms with Gasteiger partial charge in [-0.2, -0.15) is 0 Å². The first kappa shape index (κ1) is 26.9. The van der Waals surface area contributed by atoms with Gasteiger partial charge in [0, 0.05) is 38.3 Å². The third-order valence-electron chi connectivity index (χ3n) is 8.15. The molecule has 6 heteroatoms. The molecular formula is C30H45N3O3. The highest BCUT2D eigenvalue weighted by atomic mass is 16.5. The van der Waals surface area contributed by atoms with Crippen LogP contribution in [0.4, 0.5) is 5.82 Å². The second kappa shape index (κ2) is 11.5. The summed E-state index contributed by atoms with van der Waals surface area (Å²) < 4.78 is 5.94. The van der Waals surface area contributed by atoms with Gasteiger partial charge in [-0.25, -0.2) is 4.98 Å². The first-order chi connectivity index (χ1) is 17.2. The Kier molecular flexibility index (Phi) is 8.59. The number of anilines is 1. The summed E-state index contributed by atoms with van der Waals surface area (Å²) in [7, 11) is 0. The average molecular weight is 496 g/mol. The number of rotatable bonds is 10. The summed E-state index contributed by atoms with van der Waals surface area (Å²) in [6, 6.07) is 10.9. The Morgan fingerprint density at radius 3 is 2.25 bits per heavy atom.